The number of carbonyl (C=O) groups is 1. The molecule has 3 heterocycles. The number of aliphatic hydroxyl groups is 1. The van der Waals surface area contributed by atoms with Gasteiger partial charge in [0.05, 0.1) is 10.6 Å². The molecule has 0 saturated carbocycles. The van der Waals surface area contributed by atoms with Crippen molar-refractivity contribution in [2.24, 2.45) is 7.05 Å². The number of likely N-dealkylation sites (tertiary alicyclic amines) is 1. The van der Waals surface area contributed by atoms with Gasteiger partial charge in [-0.15, -0.1) is 0 Å². The number of pyridine rings is 1. The Morgan fingerprint density at radius 1 is 1.35 bits per heavy atom. The zero-order valence-electron chi connectivity index (χ0n) is 13.1. The summed E-state index contributed by atoms with van der Waals surface area (Å²) >= 11 is 5.95. The van der Waals surface area contributed by atoms with E-state index in [0.717, 1.165) is 5.56 Å². The number of halogens is 1. The number of piperidine rings is 1. The van der Waals surface area contributed by atoms with Crippen molar-refractivity contribution in [3.05, 3.63) is 53.1 Å². The van der Waals surface area contributed by atoms with Gasteiger partial charge >= 0.3 is 0 Å². The van der Waals surface area contributed by atoms with Crippen molar-refractivity contribution in [2.75, 3.05) is 13.1 Å². The van der Waals surface area contributed by atoms with E-state index in [0.29, 0.717) is 43.1 Å². The quantitative estimate of drug-likeness (QED) is 0.937. The fraction of sp³-hybridized carbons (Fsp3) is 0.412. The van der Waals surface area contributed by atoms with Crippen LogP contribution in [0.2, 0.25) is 5.02 Å². The van der Waals surface area contributed by atoms with Gasteiger partial charge in [-0.2, -0.15) is 0 Å². The predicted molar refractivity (Wildman–Crippen MR) is 88.5 cm³/mol. The van der Waals surface area contributed by atoms with E-state index in [2.05, 4.69) is 4.98 Å². The summed E-state index contributed by atoms with van der Waals surface area (Å²) in [4.78, 5) is 18.3. The topological polar surface area (TPSA) is 58.4 Å². The van der Waals surface area contributed by atoms with Gasteiger partial charge in [-0.3, -0.25) is 9.78 Å². The van der Waals surface area contributed by atoms with Gasteiger partial charge in [0.1, 0.15) is 5.69 Å². The first-order chi connectivity index (χ1) is 11.0. The first-order valence-electron chi connectivity index (χ1n) is 7.69. The highest BCUT2D eigenvalue weighted by Crippen LogP contribution is 2.27. The van der Waals surface area contributed by atoms with Crippen LogP contribution in [0.1, 0.15) is 28.9 Å². The van der Waals surface area contributed by atoms with Crippen LogP contribution in [0.15, 0.2) is 36.8 Å². The van der Waals surface area contributed by atoms with Gasteiger partial charge in [-0.1, -0.05) is 11.6 Å². The second-order valence-corrected chi connectivity index (χ2v) is 6.64. The molecular weight excluding hydrogens is 314 g/mol. The third kappa shape index (κ3) is 3.57. The van der Waals surface area contributed by atoms with Gasteiger partial charge < -0.3 is 14.6 Å². The van der Waals surface area contributed by atoms with Gasteiger partial charge in [0.2, 0.25) is 0 Å². The Bertz CT molecular complexity index is 691. The van der Waals surface area contributed by atoms with Crippen molar-refractivity contribution >= 4 is 17.5 Å². The summed E-state index contributed by atoms with van der Waals surface area (Å²) in [5.41, 5.74) is 0.885. The Labute approximate surface area is 140 Å². The molecule has 5 nitrogen and oxygen atoms in total. The van der Waals surface area contributed by atoms with E-state index in [4.69, 9.17) is 11.6 Å². The van der Waals surface area contributed by atoms with Gasteiger partial charge in [0, 0.05) is 45.1 Å². The Balaban J connectivity index is 1.64. The first-order valence-corrected chi connectivity index (χ1v) is 8.07. The number of hydrogen-bond acceptors (Lipinski definition) is 3. The predicted octanol–water partition coefficient (Wildman–Crippen LogP) is 2.28. The molecule has 1 amide bonds. The van der Waals surface area contributed by atoms with E-state index in [-0.39, 0.29) is 5.91 Å². The summed E-state index contributed by atoms with van der Waals surface area (Å²) in [6.45, 7) is 1.09. The summed E-state index contributed by atoms with van der Waals surface area (Å²) in [6.07, 6.45) is 6.91. The molecule has 1 N–H and O–H groups in total. The molecule has 1 saturated heterocycles. The lowest BCUT2D eigenvalue weighted by molar-refractivity contribution is -0.0164. The fourth-order valence-corrected chi connectivity index (χ4v) is 3.33. The lowest BCUT2D eigenvalue weighted by Gasteiger charge is -2.38. The normalized spacial score (nSPS) is 17.3. The zero-order valence-corrected chi connectivity index (χ0v) is 13.8. The molecule has 0 aliphatic carbocycles. The SMILES string of the molecule is Cn1cc(Cl)cc1C(=O)N1CCC(O)(Cc2ccncc2)CC1. The fourth-order valence-electron chi connectivity index (χ4n) is 3.08. The number of hydrogen-bond donors (Lipinski definition) is 1. The van der Waals surface area contributed by atoms with Gasteiger partial charge in [0.25, 0.3) is 5.91 Å². The first kappa shape index (κ1) is 16.0. The highest BCUT2D eigenvalue weighted by molar-refractivity contribution is 6.31. The largest absolute Gasteiger partial charge is 0.389 e. The number of aromatic nitrogens is 2. The van der Waals surface area contributed by atoms with E-state index in [1.807, 2.05) is 19.2 Å². The molecule has 0 bridgehead atoms. The molecule has 2 aromatic rings. The van der Waals surface area contributed by atoms with Crippen LogP contribution in [0.25, 0.3) is 0 Å². The summed E-state index contributed by atoms with van der Waals surface area (Å²) < 4.78 is 1.74. The van der Waals surface area contributed by atoms with Crippen molar-refractivity contribution in [3.8, 4) is 0 Å². The van der Waals surface area contributed by atoms with E-state index < -0.39 is 5.60 Å². The molecular formula is C17H20ClN3O2. The maximum Gasteiger partial charge on any atom is 0.270 e. The molecule has 6 heteroatoms. The molecule has 1 fully saturated rings. The molecule has 0 unspecified atom stereocenters. The van der Waals surface area contributed by atoms with Gasteiger partial charge in [-0.05, 0) is 36.6 Å². The zero-order chi connectivity index (χ0) is 16.4. The highest BCUT2D eigenvalue weighted by atomic mass is 35.5. The Morgan fingerprint density at radius 3 is 2.57 bits per heavy atom. The number of amides is 1. The molecule has 0 atom stereocenters. The van der Waals surface area contributed by atoms with Crippen molar-refractivity contribution in [3.63, 3.8) is 0 Å². The molecule has 0 spiro atoms. The molecule has 1 aliphatic rings. The van der Waals surface area contributed by atoms with Crippen LogP contribution >= 0.6 is 11.6 Å². The van der Waals surface area contributed by atoms with Crippen LogP contribution in [0, 0.1) is 0 Å². The Morgan fingerprint density at radius 2 is 2.00 bits per heavy atom. The van der Waals surface area contributed by atoms with E-state index >= 15 is 0 Å². The van der Waals surface area contributed by atoms with Gasteiger partial charge in [-0.25, -0.2) is 0 Å². The second kappa shape index (κ2) is 6.34. The van der Waals surface area contributed by atoms with Crippen molar-refractivity contribution < 1.29 is 9.90 Å². The standard InChI is InChI=1S/C17H20ClN3O2/c1-20-12-14(18)10-15(20)16(22)21-8-4-17(23,5-9-21)11-13-2-6-19-7-3-13/h2-3,6-7,10,12,23H,4-5,8-9,11H2,1H3. The maximum atomic E-state index is 12.6. The smallest absolute Gasteiger partial charge is 0.270 e. The average molecular weight is 334 g/mol. The lowest BCUT2D eigenvalue weighted by Crippen LogP contribution is -2.48. The third-order valence-electron chi connectivity index (χ3n) is 4.45. The number of rotatable bonds is 3. The van der Waals surface area contributed by atoms with Crippen LogP contribution < -0.4 is 0 Å². The number of carbonyl (C=O) groups excluding carboxylic acids is 1. The number of aryl methyl sites for hydroxylation is 1. The lowest BCUT2D eigenvalue weighted by atomic mass is 9.85. The van der Waals surface area contributed by atoms with Crippen LogP contribution in [0.4, 0.5) is 0 Å². The summed E-state index contributed by atoms with van der Waals surface area (Å²) in [5.74, 6) is -0.0367. The van der Waals surface area contributed by atoms with Crippen LogP contribution in [0.3, 0.4) is 0 Å². The molecule has 3 rings (SSSR count). The van der Waals surface area contributed by atoms with Crippen LogP contribution in [-0.4, -0.2) is 44.2 Å². The summed E-state index contributed by atoms with van der Waals surface area (Å²) in [6, 6.07) is 5.52. The Kier molecular flexibility index (Phi) is 4.41. The average Bonchev–Trinajstić information content (AvgIpc) is 2.87. The highest BCUT2D eigenvalue weighted by Gasteiger charge is 2.34. The molecule has 0 aromatic carbocycles. The van der Waals surface area contributed by atoms with E-state index in [1.54, 1.807) is 34.1 Å². The van der Waals surface area contributed by atoms with Crippen LogP contribution in [0.5, 0.6) is 0 Å². The summed E-state index contributed by atoms with van der Waals surface area (Å²) in [5, 5.41) is 11.3. The van der Waals surface area contributed by atoms with Gasteiger partial charge in [0.15, 0.2) is 0 Å². The molecule has 1 aliphatic heterocycles. The van der Waals surface area contributed by atoms with E-state index in [1.165, 1.54) is 0 Å². The summed E-state index contributed by atoms with van der Waals surface area (Å²) in [7, 11) is 1.81. The minimum absolute atomic E-state index is 0.0367. The van der Waals surface area contributed by atoms with Crippen molar-refractivity contribution in [1.29, 1.82) is 0 Å². The molecule has 23 heavy (non-hydrogen) atoms. The molecule has 122 valence electrons. The third-order valence-corrected chi connectivity index (χ3v) is 4.66. The minimum atomic E-state index is -0.760. The molecule has 0 radical (unpaired) electrons. The monoisotopic (exact) mass is 333 g/mol. The van der Waals surface area contributed by atoms with Crippen LogP contribution in [-0.2, 0) is 13.5 Å². The van der Waals surface area contributed by atoms with Crippen molar-refractivity contribution in [1.82, 2.24) is 14.5 Å². The van der Waals surface area contributed by atoms with E-state index in [9.17, 15) is 9.90 Å². The Hall–Kier alpha value is -1.85. The number of nitrogens with zero attached hydrogens (tertiary/aromatic N) is 3. The second-order valence-electron chi connectivity index (χ2n) is 6.20. The van der Waals surface area contributed by atoms with Crippen molar-refractivity contribution in [2.45, 2.75) is 24.9 Å². The molecule has 2 aromatic heterocycles. The maximum absolute atomic E-state index is 12.6. The minimum Gasteiger partial charge on any atom is -0.389 e.